The number of likely N-dealkylation sites (tertiary alicyclic amines) is 1. The molecule has 1 unspecified atom stereocenters. The molecule has 1 rings (SSSR count). The van der Waals surface area contributed by atoms with E-state index >= 15 is 0 Å². The Morgan fingerprint density at radius 3 is 2.68 bits per heavy atom. The second-order valence-electron chi connectivity index (χ2n) is 5.37. The number of carbonyl (C=O) groups excluding carboxylic acids is 1. The van der Waals surface area contributed by atoms with Gasteiger partial charge in [0.15, 0.2) is 0 Å². The van der Waals surface area contributed by atoms with E-state index in [0.717, 1.165) is 39.0 Å². The molecule has 4 heteroatoms. The molecule has 19 heavy (non-hydrogen) atoms. The number of hydrogen-bond donors (Lipinski definition) is 1. The van der Waals surface area contributed by atoms with Crippen molar-refractivity contribution in [1.29, 1.82) is 0 Å². The highest BCUT2D eigenvalue weighted by atomic mass is 16.3. The summed E-state index contributed by atoms with van der Waals surface area (Å²) in [4.78, 5) is 16.3. The van der Waals surface area contributed by atoms with Crippen LogP contribution in [0.5, 0.6) is 0 Å². The van der Waals surface area contributed by atoms with Crippen molar-refractivity contribution in [1.82, 2.24) is 9.80 Å². The lowest BCUT2D eigenvalue weighted by molar-refractivity contribution is -0.131. The van der Waals surface area contributed by atoms with Crippen LogP contribution < -0.4 is 0 Å². The van der Waals surface area contributed by atoms with Crippen LogP contribution in [-0.4, -0.2) is 59.6 Å². The summed E-state index contributed by atoms with van der Waals surface area (Å²) in [5.41, 5.74) is 0. The van der Waals surface area contributed by atoms with Gasteiger partial charge in [-0.3, -0.25) is 4.79 Å². The van der Waals surface area contributed by atoms with E-state index < -0.39 is 0 Å². The molecule has 1 N–H and O–H groups in total. The van der Waals surface area contributed by atoms with E-state index in [9.17, 15) is 4.79 Å². The van der Waals surface area contributed by atoms with E-state index in [1.54, 1.807) is 0 Å². The third kappa shape index (κ3) is 5.49. The molecule has 4 nitrogen and oxygen atoms in total. The van der Waals surface area contributed by atoms with Crippen LogP contribution in [0.1, 0.15) is 52.4 Å². The van der Waals surface area contributed by atoms with Crippen LogP contribution >= 0.6 is 0 Å². The Hall–Kier alpha value is -0.610. The monoisotopic (exact) mass is 270 g/mol. The highest BCUT2D eigenvalue weighted by molar-refractivity contribution is 5.76. The van der Waals surface area contributed by atoms with Crippen LogP contribution in [0.4, 0.5) is 0 Å². The van der Waals surface area contributed by atoms with Crippen LogP contribution in [0.15, 0.2) is 0 Å². The van der Waals surface area contributed by atoms with Crippen molar-refractivity contribution in [3.05, 3.63) is 0 Å². The van der Waals surface area contributed by atoms with Gasteiger partial charge in [-0.15, -0.1) is 0 Å². The molecule has 0 radical (unpaired) electrons. The number of amides is 1. The molecule has 0 aromatic carbocycles. The first-order valence-electron chi connectivity index (χ1n) is 7.85. The van der Waals surface area contributed by atoms with Crippen molar-refractivity contribution >= 4 is 5.91 Å². The molecule has 1 amide bonds. The van der Waals surface area contributed by atoms with Crippen LogP contribution in [-0.2, 0) is 4.79 Å². The van der Waals surface area contributed by atoms with Gasteiger partial charge in [0, 0.05) is 32.2 Å². The number of nitrogens with zero attached hydrogens (tertiary/aromatic N) is 2. The molecular formula is C15H30N2O2. The van der Waals surface area contributed by atoms with Crippen molar-refractivity contribution in [2.45, 2.75) is 58.4 Å². The SMILES string of the molecule is CCN(CC)C(=O)CCCN1CCCCC1CCO. The molecule has 1 fully saturated rings. The Labute approximate surface area is 117 Å². The zero-order valence-electron chi connectivity index (χ0n) is 12.6. The fraction of sp³-hybridized carbons (Fsp3) is 0.933. The summed E-state index contributed by atoms with van der Waals surface area (Å²) < 4.78 is 0. The van der Waals surface area contributed by atoms with E-state index in [0.29, 0.717) is 12.5 Å². The molecule has 0 saturated carbocycles. The van der Waals surface area contributed by atoms with E-state index in [-0.39, 0.29) is 12.5 Å². The molecule has 1 atom stereocenters. The number of aliphatic hydroxyl groups is 1. The molecule has 0 aliphatic carbocycles. The molecule has 1 aliphatic rings. The second-order valence-corrected chi connectivity index (χ2v) is 5.37. The van der Waals surface area contributed by atoms with Gasteiger partial charge in [0.2, 0.25) is 5.91 Å². The standard InChI is InChI=1S/C15H30N2O2/c1-3-16(4-2)15(19)9-7-12-17-11-6-5-8-14(17)10-13-18/h14,18H,3-13H2,1-2H3. The maximum absolute atomic E-state index is 11.9. The molecular weight excluding hydrogens is 240 g/mol. The Morgan fingerprint density at radius 2 is 2.05 bits per heavy atom. The summed E-state index contributed by atoms with van der Waals surface area (Å²) in [7, 11) is 0. The number of hydrogen-bond acceptors (Lipinski definition) is 3. The predicted molar refractivity (Wildman–Crippen MR) is 78.1 cm³/mol. The van der Waals surface area contributed by atoms with Gasteiger partial charge in [-0.2, -0.15) is 0 Å². The van der Waals surface area contributed by atoms with Crippen molar-refractivity contribution < 1.29 is 9.90 Å². The highest BCUT2D eigenvalue weighted by Crippen LogP contribution is 2.19. The number of aliphatic hydroxyl groups excluding tert-OH is 1. The van der Waals surface area contributed by atoms with Crippen LogP contribution in [0.25, 0.3) is 0 Å². The molecule has 1 saturated heterocycles. The summed E-state index contributed by atoms with van der Waals surface area (Å²) in [5.74, 6) is 0.278. The molecule has 1 aliphatic heterocycles. The third-order valence-electron chi connectivity index (χ3n) is 4.16. The van der Waals surface area contributed by atoms with Gasteiger partial charge in [-0.25, -0.2) is 0 Å². The first-order chi connectivity index (χ1) is 9.22. The minimum atomic E-state index is 0.277. The van der Waals surface area contributed by atoms with E-state index in [1.807, 2.05) is 18.7 Å². The maximum atomic E-state index is 11.9. The fourth-order valence-corrected chi connectivity index (χ4v) is 3.00. The molecule has 0 aromatic heterocycles. The Bertz CT molecular complexity index is 253. The minimum absolute atomic E-state index is 0.277. The Kier molecular flexibility index (Phi) is 8.07. The predicted octanol–water partition coefficient (Wildman–Crippen LogP) is 1.87. The van der Waals surface area contributed by atoms with Crippen molar-refractivity contribution in [2.75, 3.05) is 32.8 Å². The average Bonchev–Trinajstić information content (AvgIpc) is 2.42. The first-order valence-corrected chi connectivity index (χ1v) is 7.85. The lowest BCUT2D eigenvalue weighted by Gasteiger charge is -2.35. The van der Waals surface area contributed by atoms with Gasteiger partial charge >= 0.3 is 0 Å². The summed E-state index contributed by atoms with van der Waals surface area (Å²) in [6, 6.07) is 0.530. The molecule has 0 aromatic rings. The van der Waals surface area contributed by atoms with Gasteiger partial charge < -0.3 is 14.9 Å². The highest BCUT2D eigenvalue weighted by Gasteiger charge is 2.21. The minimum Gasteiger partial charge on any atom is -0.396 e. The lowest BCUT2D eigenvalue weighted by atomic mass is 9.99. The summed E-state index contributed by atoms with van der Waals surface area (Å²) in [5, 5.41) is 9.10. The topological polar surface area (TPSA) is 43.8 Å². The maximum Gasteiger partial charge on any atom is 0.222 e. The molecule has 0 bridgehead atoms. The van der Waals surface area contributed by atoms with Crippen LogP contribution in [0.2, 0.25) is 0 Å². The van der Waals surface area contributed by atoms with Crippen molar-refractivity contribution in [3.63, 3.8) is 0 Å². The quantitative estimate of drug-likeness (QED) is 0.732. The van der Waals surface area contributed by atoms with Crippen molar-refractivity contribution in [2.24, 2.45) is 0 Å². The zero-order chi connectivity index (χ0) is 14.1. The van der Waals surface area contributed by atoms with Gasteiger partial charge in [-0.1, -0.05) is 6.42 Å². The average molecular weight is 270 g/mol. The number of piperidine rings is 1. The van der Waals surface area contributed by atoms with E-state index in [2.05, 4.69) is 4.90 Å². The van der Waals surface area contributed by atoms with E-state index in [1.165, 1.54) is 19.3 Å². The van der Waals surface area contributed by atoms with Crippen LogP contribution in [0.3, 0.4) is 0 Å². The molecule has 0 spiro atoms. The van der Waals surface area contributed by atoms with Gasteiger partial charge in [0.1, 0.15) is 0 Å². The number of rotatable bonds is 8. The Morgan fingerprint density at radius 1 is 1.32 bits per heavy atom. The normalized spacial score (nSPS) is 20.5. The molecule has 1 heterocycles. The third-order valence-corrected chi connectivity index (χ3v) is 4.16. The van der Waals surface area contributed by atoms with Gasteiger partial charge in [-0.05, 0) is 52.6 Å². The zero-order valence-corrected chi connectivity index (χ0v) is 12.6. The smallest absolute Gasteiger partial charge is 0.222 e. The fourth-order valence-electron chi connectivity index (χ4n) is 3.00. The first kappa shape index (κ1) is 16.4. The van der Waals surface area contributed by atoms with Crippen molar-refractivity contribution in [3.8, 4) is 0 Å². The summed E-state index contributed by atoms with van der Waals surface area (Å²) >= 11 is 0. The number of carbonyl (C=O) groups is 1. The second kappa shape index (κ2) is 9.32. The summed E-state index contributed by atoms with van der Waals surface area (Å²) in [6.07, 6.45) is 6.21. The Balaban J connectivity index is 2.28. The lowest BCUT2D eigenvalue weighted by Crippen LogP contribution is -2.41. The van der Waals surface area contributed by atoms with Gasteiger partial charge in [0.05, 0.1) is 0 Å². The van der Waals surface area contributed by atoms with Crippen LogP contribution in [0, 0.1) is 0 Å². The molecule has 112 valence electrons. The largest absolute Gasteiger partial charge is 0.396 e. The van der Waals surface area contributed by atoms with Gasteiger partial charge in [0.25, 0.3) is 0 Å². The summed E-state index contributed by atoms with van der Waals surface area (Å²) in [6.45, 7) is 8.09. The van der Waals surface area contributed by atoms with E-state index in [4.69, 9.17) is 5.11 Å².